The number of aromatic nitrogens is 2. The van der Waals surface area contributed by atoms with Gasteiger partial charge in [0.2, 0.25) is 5.91 Å². The Balaban J connectivity index is 1.34. The van der Waals surface area contributed by atoms with Gasteiger partial charge in [-0.25, -0.2) is 4.79 Å². The Labute approximate surface area is 192 Å². The molecule has 9 heteroatoms. The first-order valence-electron chi connectivity index (χ1n) is 10.5. The van der Waals surface area contributed by atoms with Gasteiger partial charge in [-0.3, -0.25) is 9.69 Å². The predicted molar refractivity (Wildman–Crippen MR) is 122 cm³/mol. The van der Waals surface area contributed by atoms with Crippen LogP contribution < -0.4 is 4.90 Å². The largest absolute Gasteiger partial charge is 0.344 e. The minimum atomic E-state index is -0.131. The van der Waals surface area contributed by atoms with Crippen LogP contribution in [0, 0.1) is 11.8 Å². The SMILES string of the molecule is CC(=O)N(C)c1cnn(C(=O)N2C[C@H]3C[C@@H](N(C)Cc4cc(Cl)ccc4Cl)C[C@H]3C2)c1. The summed E-state index contributed by atoms with van der Waals surface area (Å²) in [6, 6.07) is 5.91. The van der Waals surface area contributed by atoms with E-state index in [1.54, 1.807) is 25.5 Å². The van der Waals surface area contributed by atoms with E-state index in [0.717, 1.165) is 43.1 Å². The predicted octanol–water partition coefficient (Wildman–Crippen LogP) is 3.98. The third kappa shape index (κ3) is 4.59. The summed E-state index contributed by atoms with van der Waals surface area (Å²) in [5.41, 5.74) is 1.65. The highest BCUT2D eigenvalue weighted by molar-refractivity contribution is 6.33. The van der Waals surface area contributed by atoms with Gasteiger partial charge in [-0.1, -0.05) is 23.2 Å². The first kappa shape index (κ1) is 22.1. The van der Waals surface area contributed by atoms with E-state index in [2.05, 4.69) is 17.0 Å². The molecule has 0 spiro atoms. The summed E-state index contributed by atoms with van der Waals surface area (Å²) in [5, 5.41) is 5.60. The van der Waals surface area contributed by atoms with Crippen LogP contribution >= 0.6 is 23.2 Å². The average Bonchev–Trinajstić information content (AvgIpc) is 3.44. The quantitative estimate of drug-likeness (QED) is 0.687. The number of hydrogen-bond donors (Lipinski definition) is 0. The third-order valence-corrected chi connectivity index (χ3v) is 7.28. The van der Waals surface area contributed by atoms with E-state index in [9.17, 15) is 9.59 Å². The third-order valence-electron chi connectivity index (χ3n) is 6.67. The molecule has 31 heavy (non-hydrogen) atoms. The fraction of sp³-hybridized carbons (Fsp3) is 0.500. The molecule has 2 aromatic rings. The number of nitrogens with zero attached hydrogens (tertiary/aromatic N) is 5. The molecule has 2 aliphatic rings. The Bertz CT molecular complexity index is 980. The molecule has 2 fully saturated rings. The number of fused-ring (bicyclic) bond motifs is 1. The van der Waals surface area contributed by atoms with Gasteiger partial charge in [-0.2, -0.15) is 9.78 Å². The lowest BCUT2D eigenvalue weighted by atomic mass is 10.0. The lowest BCUT2D eigenvalue weighted by molar-refractivity contribution is -0.116. The molecule has 3 atom stereocenters. The van der Waals surface area contributed by atoms with Crippen molar-refractivity contribution in [3.63, 3.8) is 0 Å². The highest BCUT2D eigenvalue weighted by Gasteiger charge is 2.43. The maximum atomic E-state index is 12.9. The maximum absolute atomic E-state index is 12.9. The van der Waals surface area contributed by atoms with E-state index >= 15 is 0 Å². The number of hydrogen-bond acceptors (Lipinski definition) is 4. The standard InChI is InChI=1S/C22H27Cl2N5O2/c1-14(30)27(3)20-9-25-29(13-20)22(31)28-11-15-7-19(8-16(15)12-28)26(2)10-17-6-18(23)4-5-21(17)24/h4-6,9,13,15-16,19H,7-8,10-12H2,1-3H3/t15-,16+,19-. The molecule has 1 aliphatic heterocycles. The monoisotopic (exact) mass is 463 g/mol. The Morgan fingerprint density at radius 2 is 1.84 bits per heavy atom. The van der Waals surface area contributed by atoms with Crippen LogP contribution in [0.4, 0.5) is 10.5 Å². The maximum Gasteiger partial charge on any atom is 0.344 e. The zero-order chi connectivity index (χ0) is 22.3. The first-order valence-corrected chi connectivity index (χ1v) is 11.2. The summed E-state index contributed by atoms with van der Waals surface area (Å²) in [7, 11) is 3.80. The van der Waals surface area contributed by atoms with Crippen molar-refractivity contribution < 1.29 is 9.59 Å². The summed E-state index contributed by atoms with van der Waals surface area (Å²) < 4.78 is 1.33. The number of anilines is 1. The van der Waals surface area contributed by atoms with Gasteiger partial charge in [-0.15, -0.1) is 0 Å². The summed E-state index contributed by atoms with van der Waals surface area (Å²) >= 11 is 12.5. The molecule has 2 amide bonds. The molecule has 1 aromatic carbocycles. The van der Waals surface area contributed by atoms with Crippen LogP contribution in [0.15, 0.2) is 30.6 Å². The van der Waals surface area contributed by atoms with Crippen molar-refractivity contribution in [3.8, 4) is 0 Å². The Hall–Kier alpha value is -2.09. The minimum Gasteiger partial charge on any atom is -0.322 e. The van der Waals surface area contributed by atoms with Crippen LogP contribution in [-0.4, -0.2) is 64.7 Å². The second-order valence-corrected chi connectivity index (χ2v) is 9.55. The van der Waals surface area contributed by atoms with Crippen molar-refractivity contribution in [2.24, 2.45) is 11.8 Å². The second kappa shape index (κ2) is 8.81. The molecular weight excluding hydrogens is 437 g/mol. The van der Waals surface area contributed by atoms with E-state index in [1.165, 1.54) is 16.5 Å². The van der Waals surface area contributed by atoms with Crippen LogP contribution in [-0.2, 0) is 11.3 Å². The van der Waals surface area contributed by atoms with E-state index in [4.69, 9.17) is 23.2 Å². The van der Waals surface area contributed by atoms with Crippen LogP contribution in [0.2, 0.25) is 10.0 Å². The molecule has 1 saturated carbocycles. The lowest BCUT2D eigenvalue weighted by Gasteiger charge is -2.27. The molecule has 166 valence electrons. The van der Waals surface area contributed by atoms with E-state index in [-0.39, 0.29) is 11.9 Å². The topological polar surface area (TPSA) is 61.7 Å². The van der Waals surface area contributed by atoms with E-state index in [0.29, 0.717) is 28.6 Å². The molecule has 0 N–H and O–H groups in total. The number of amides is 2. The molecule has 2 heterocycles. The van der Waals surface area contributed by atoms with Crippen LogP contribution in [0.5, 0.6) is 0 Å². The lowest BCUT2D eigenvalue weighted by Crippen LogP contribution is -2.36. The number of halogens is 2. The molecule has 0 bridgehead atoms. The summed E-state index contributed by atoms with van der Waals surface area (Å²) in [6.07, 6.45) is 5.27. The Kier molecular flexibility index (Phi) is 6.28. The number of benzene rings is 1. The number of rotatable bonds is 4. The molecule has 0 unspecified atom stereocenters. The van der Waals surface area contributed by atoms with Gasteiger partial charge in [0.15, 0.2) is 0 Å². The highest BCUT2D eigenvalue weighted by atomic mass is 35.5. The Morgan fingerprint density at radius 3 is 2.48 bits per heavy atom. The molecule has 7 nitrogen and oxygen atoms in total. The van der Waals surface area contributed by atoms with Crippen LogP contribution in [0.25, 0.3) is 0 Å². The summed E-state index contributed by atoms with van der Waals surface area (Å²) in [4.78, 5) is 30.1. The normalized spacial score (nSPS) is 22.8. The number of carbonyl (C=O) groups excluding carboxylic acids is 2. The minimum absolute atomic E-state index is 0.100. The van der Waals surface area contributed by atoms with E-state index in [1.807, 2.05) is 17.0 Å². The van der Waals surface area contributed by atoms with Gasteiger partial charge in [0.25, 0.3) is 0 Å². The second-order valence-electron chi connectivity index (χ2n) is 8.70. The van der Waals surface area contributed by atoms with Crippen molar-refractivity contribution in [1.82, 2.24) is 19.6 Å². The smallest absolute Gasteiger partial charge is 0.322 e. The molecule has 1 aliphatic carbocycles. The summed E-state index contributed by atoms with van der Waals surface area (Å²) in [6.45, 7) is 3.72. The molecule has 4 rings (SSSR count). The van der Waals surface area contributed by atoms with Gasteiger partial charge in [-0.05, 0) is 55.5 Å². The highest BCUT2D eigenvalue weighted by Crippen LogP contribution is 2.40. The number of likely N-dealkylation sites (tertiary alicyclic amines) is 1. The molecule has 1 aromatic heterocycles. The van der Waals surface area contributed by atoms with Gasteiger partial charge in [0, 0.05) is 49.7 Å². The summed E-state index contributed by atoms with van der Waals surface area (Å²) in [5.74, 6) is 0.874. The Morgan fingerprint density at radius 1 is 1.16 bits per heavy atom. The van der Waals surface area contributed by atoms with Gasteiger partial charge < -0.3 is 9.80 Å². The van der Waals surface area contributed by atoms with Crippen LogP contribution in [0.3, 0.4) is 0 Å². The van der Waals surface area contributed by atoms with Gasteiger partial charge >= 0.3 is 6.03 Å². The van der Waals surface area contributed by atoms with Crippen molar-refractivity contribution in [3.05, 3.63) is 46.2 Å². The van der Waals surface area contributed by atoms with Crippen LogP contribution in [0.1, 0.15) is 25.3 Å². The van der Waals surface area contributed by atoms with Crippen molar-refractivity contribution in [1.29, 1.82) is 0 Å². The molecule has 1 saturated heterocycles. The van der Waals surface area contributed by atoms with Crippen molar-refractivity contribution in [2.45, 2.75) is 32.4 Å². The average molecular weight is 464 g/mol. The van der Waals surface area contributed by atoms with Gasteiger partial charge in [0.05, 0.1) is 18.1 Å². The first-order chi connectivity index (χ1) is 14.7. The zero-order valence-electron chi connectivity index (χ0n) is 18.0. The fourth-order valence-corrected chi connectivity index (χ4v) is 5.14. The molecular formula is C22H27Cl2N5O2. The van der Waals surface area contributed by atoms with Crippen molar-refractivity contribution in [2.75, 3.05) is 32.1 Å². The zero-order valence-corrected chi connectivity index (χ0v) is 19.5. The van der Waals surface area contributed by atoms with E-state index < -0.39 is 0 Å². The number of carbonyl (C=O) groups is 2. The fourth-order valence-electron chi connectivity index (χ4n) is 4.76. The molecule has 0 radical (unpaired) electrons. The van der Waals surface area contributed by atoms with Crippen molar-refractivity contribution >= 4 is 40.8 Å². The van der Waals surface area contributed by atoms with Gasteiger partial charge in [0.1, 0.15) is 0 Å².